The molecule has 7 nitrogen and oxygen atoms in total. The molecule has 0 saturated carbocycles. The number of thiophene rings is 1. The van der Waals surface area contributed by atoms with Gasteiger partial charge in [0.05, 0.1) is 26.9 Å². The van der Waals surface area contributed by atoms with Gasteiger partial charge in [-0.25, -0.2) is 9.79 Å². The Balaban J connectivity index is 1.96. The van der Waals surface area contributed by atoms with Crippen molar-refractivity contribution in [3.63, 3.8) is 0 Å². The molecule has 0 unspecified atom stereocenters. The van der Waals surface area contributed by atoms with Crippen molar-refractivity contribution < 1.29 is 19.1 Å². The zero-order chi connectivity index (χ0) is 24.6. The molecule has 0 N–H and O–H groups in total. The van der Waals surface area contributed by atoms with E-state index in [9.17, 15) is 14.4 Å². The van der Waals surface area contributed by atoms with Crippen LogP contribution in [0.25, 0.3) is 6.08 Å². The predicted molar refractivity (Wildman–Crippen MR) is 138 cm³/mol. The number of carbonyl (C=O) groups excluding carboxylic acids is 2. The van der Waals surface area contributed by atoms with Gasteiger partial charge in [0.2, 0.25) is 0 Å². The lowest BCUT2D eigenvalue weighted by atomic mass is 10.0. The van der Waals surface area contributed by atoms with Crippen LogP contribution in [0.5, 0.6) is 5.75 Å². The van der Waals surface area contributed by atoms with Gasteiger partial charge in [-0.05, 0) is 59.4 Å². The summed E-state index contributed by atoms with van der Waals surface area (Å²) in [6.45, 7) is 5.01. The fraction of sp³-hybridized carbons (Fsp3) is 0.217. The van der Waals surface area contributed by atoms with E-state index in [-0.39, 0.29) is 12.2 Å². The Bertz CT molecular complexity index is 1500. The van der Waals surface area contributed by atoms with E-state index in [4.69, 9.17) is 9.47 Å². The van der Waals surface area contributed by atoms with Gasteiger partial charge in [-0.3, -0.25) is 14.2 Å². The summed E-state index contributed by atoms with van der Waals surface area (Å²) in [6, 6.07) is 6.63. The van der Waals surface area contributed by atoms with Crippen LogP contribution >= 0.6 is 54.5 Å². The minimum atomic E-state index is -0.639. The van der Waals surface area contributed by atoms with Crippen LogP contribution in [0.3, 0.4) is 0 Å². The third-order valence-electron chi connectivity index (χ3n) is 4.90. The molecule has 4 rings (SSSR count). The van der Waals surface area contributed by atoms with E-state index in [1.54, 1.807) is 32.1 Å². The summed E-state index contributed by atoms with van der Waals surface area (Å²) in [6.07, 6.45) is 1.66. The molecule has 1 atom stereocenters. The quantitative estimate of drug-likeness (QED) is 0.312. The van der Waals surface area contributed by atoms with Gasteiger partial charge in [0.15, 0.2) is 10.6 Å². The Kier molecular flexibility index (Phi) is 7.36. The number of hydrogen-bond acceptors (Lipinski definition) is 8. The van der Waals surface area contributed by atoms with Crippen molar-refractivity contribution in [2.75, 3.05) is 6.61 Å². The largest absolute Gasteiger partial charge is 0.463 e. The number of ether oxygens (including phenoxy) is 2. The standard InChI is InChI=1S/C23H18Br2N2O5S2/c1-4-31-22(30)18-11(2)26-23-27(19(18)16-6-5-7-33-16)21(29)17(34-23)9-13-8-14(24)10-15(25)20(13)32-12(3)28/h5-10,19H,4H2,1-3H3/b17-9-/t19-/m1/s1. The molecule has 34 heavy (non-hydrogen) atoms. The first kappa shape index (κ1) is 24.8. The van der Waals surface area contributed by atoms with Crippen molar-refractivity contribution in [2.45, 2.75) is 26.8 Å². The summed E-state index contributed by atoms with van der Waals surface area (Å²) < 4.78 is 13.9. The topological polar surface area (TPSA) is 87.0 Å². The van der Waals surface area contributed by atoms with E-state index in [1.165, 1.54) is 34.2 Å². The van der Waals surface area contributed by atoms with Gasteiger partial charge in [0.1, 0.15) is 6.04 Å². The van der Waals surface area contributed by atoms with Crippen LogP contribution in [-0.2, 0) is 14.3 Å². The molecule has 11 heteroatoms. The lowest BCUT2D eigenvalue weighted by Crippen LogP contribution is -2.39. The monoisotopic (exact) mass is 624 g/mol. The van der Waals surface area contributed by atoms with Crippen molar-refractivity contribution in [3.05, 3.63) is 80.0 Å². The maximum absolute atomic E-state index is 13.6. The van der Waals surface area contributed by atoms with E-state index in [0.29, 0.717) is 36.4 Å². The summed E-state index contributed by atoms with van der Waals surface area (Å²) in [5.74, 6) is -0.671. The van der Waals surface area contributed by atoms with Gasteiger partial charge in [0.25, 0.3) is 5.56 Å². The molecular weight excluding hydrogens is 608 g/mol. The van der Waals surface area contributed by atoms with Crippen molar-refractivity contribution in [1.29, 1.82) is 0 Å². The van der Waals surface area contributed by atoms with Crippen LogP contribution in [0, 0.1) is 0 Å². The van der Waals surface area contributed by atoms with E-state index in [1.807, 2.05) is 17.5 Å². The van der Waals surface area contributed by atoms with Gasteiger partial charge < -0.3 is 9.47 Å². The lowest BCUT2D eigenvalue weighted by molar-refractivity contribution is -0.139. The van der Waals surface area contributed by atoms with E-state index < -0.39 is 18.0 Å². The van der Waals surface area contributed by atoms with Crippen LogP contribution in [0.15, 0.2) is 59.6 Å². The molecule has 0 bridgehead atoms. The third-order valence-corrected chi connectivity index (χ3v) is 7.85. The first-order chi connectivity index (χ1) is 16.2. The number of esters is 2. The number of rotatable bonds is 5. The van der Waals surface area contributed by atoms with Crippen LogP contribution in [0.4, 0.5) is 0 Å². The second kappa shape index (κ2) is 10.1. The number of thiazole rings is 1. The molecular formula is C23H18Br2N2O5S2. The van der Waals surface area contributed by atoms with Crippen molar-refractivity contribution in [1.82, 2.24) is 4.57 Å². The molecule has 3 aromatic rings. The molecule has 3 heterocycles. The summed E-state index contributed by atoms with van der Waals surface area (Å²) in [7, 11) is 0. The highest BCUT2D eigenvalue weighted by Crippen LogP contribution is 2.35. The fourth-order valence-electron chi connectivity index (χ4n) is 3.59. The van der Waals surface area contributed by atoms with Crippen LogP contribution in [-0.4, -0.2) is 23.1 Å². The number of allylic oxidation sites excluding steroid dienone is 1. The minimum Gasteiger partial charge on any atom is -0.463 e. The molecule has 176 valence electrons. The molecule has 1 aromatic carbocycles. The number of fused-ring (bicyclic) bond motifs is 1. The van der Waals surface area contributed by atoms with E-state index >= 15 is 0 Å². The summed E-state index contributed by atoms with van der Waals surface area (Å²) in [5, 5.41) is 1.90. The minimum absolute atomic E-state index is 0.216. The molecule has 0 fully saturated rings. The number of carbonyl (C=O) groups is 2. The van der Waals surface area contributed by atoms with Crippen molar-refractivity contribution >= 4 is 72.5 Å². The average Bonchev–Trinajstić information content (AvgIpc) is 3.38. The predicted octanol–water partition coefficient (Wildman–Crippen LogP) is 4.31. The van der Waals surface area contributed by atoms with E-state index in [0.717, 1.165) is 9.35 Å². The number of benzene rings is 1. The molecule has 0 saturated heterocycles. The number of nitrogens with zero attached hydrogens (tertiary/aromatic N) is 2. The van der Waals surface area contributed by atoms with Gasteiger partial charge in [0, 0.05) is 21.8 Å². The molecule has 0 radical (unpaired) electrons. The highest BCUT2D eigenvalue weighted by atomic mass is 79.9. The van der Waals surface area contributed by atoms with Gasteiger partial charge in [-0.1, -0.05) is 33.3 Å². The average molecular weight is 626 g/mol. The molecule has 1 aliphatic rings. The summed E-state index contributed by atoms with van der Waals surface area (Å²) >= 11 is 9.51. The van der Waals surface area contributed by atoms with Gasteiger partial charge >= 0.3 is 11.9 Å². The summed E-state index contributed by atoms with van der Waals surface area (Å²) in [5.41, 5.74) is 1.08. The SMILES string of the molecule is CCOC(=O)C1=C(C)N=c2s/c(=C\c3cc(Br)cc(Br)c3OC(C)=O)c(=O)n2[C@@H]1c1cccs1. The zero-order valence-corrected chi connectivity index (χ0v) is 23.1. The number of halogens is 2. The molecule has 1 aliphatic heterocycles. The lowest BCUT2D eigenvalue weighted by Gasteiger charge is -2.23. The fourth-order valence-corrected chi connectivity index (χ4v) is 6.79. The zero-order valence-electron chi connectivity index (χ0n) is 18.3. The molecule has 2 aromatic heterocycles. The Morgan fingerprint density at radius 1 is 1.29 bits per heavy atom. The summed E-state index contributed by atoms with van der Waals surface area (Å²) in [4.78, 5) is 44.0. The molecule has 0 spiro atoms. The first-order valence-electron chi connectivity index (χ1n) is 10.1. The highest BCUT2D eigenvalue weighted by molar-refractivity contribution is 9.11. The molecule has 0 amide bonds. The van der Waals surface area contributed by atoms with Crippen molar-refractivity contribution in [3.8, 4) is 5.75 Å². The second-order valence-electron chi connectivity index (χ2n) is 7.22. The second-order valence-corrected chi connectivity index (χ2v) is 11.0. The maximum atomic E-state index is 13.6. The van der Waals surface area contributed by atoms with Gasteiger partial charge in [-0.15, -0.1) is 11.3 Å². The normalized spacial score (nSPS) is 15.7. The Morgan fingerprint density at radius 2 is 2.06 bits per heavy atom. The molecule has 0 aliphatic carbocycles. The van der Waals surface area contributed by atoms with Gasteiger partial charge in [-0.2, -0.15) is 0 Å². The Labute approximate surface area is 219 Å². The number of hydrogen-bond donors (Lipinski definition) is 0. The van der Waals surface area contributed by atoms with Crippen LogP contribution in [0.1, 0.15) is 37.3 Å². The highest BCUT2D eigenvalue weighted by Gasteiger charge is 2.33. The first-order valence-corrected chi connectivity index (χ1v) is 13.4. The number of aromatic nitrogens is 1. The smallest absolute Gasteiger partial charge is 0.338 e. The van der Waals surface area contributed by atoms with Crippen LogP contribution in [0.2, 0.25) is 0 Å². The van der Waals surface area contributed by atoms with Crippen LogP contribution < -0.4 is 19.6 Å². The van der Waals surface area contributed by atoms with E-state index in [2.05, 4.69) is 36.9 Å². The van der Waals surface area contributed by atoms with Crippen molar-refractivity contribution in [2.24, 2.45) is 4.99 Å². The Morgan fingerprint density at radius 3 is 2.71 bits per heavy atom. The maximum Gasteiger partial charge on any atom is 0.338 e. The Hall–Kier alpha value is -2.34. The third kappa shape index (κ3) is 4.74.